The van der Waals surface area contributed by atoms with Crippen LogP contribution >= 0.6 is 23.3 Å². The third-order valence-electron chi connectivity index (χ3n) is 2.74. The second-order valence-corrected chi connectivity index (χ2v) is 6.50. The first-order chi connectivity index (χ1) is 11.6. The van der Waals surface area contributed by atoms with Crippen molar-refractivity contribution >= 4 is 35.0 Å². The lowest BCUT2D eigenvalue weighted by atomic mass is 10.3. The minimum atomic E-state index is -0.336. The number of nitriles is 1. The van der Waals surface area contributed by atoms with E-state index < -0.39 is 0 Å². The normalized spacial score (nSPS) is 10.9. The van der Waals surface area contributed by atoms with Crippen LogP contribution in [0.1, 0.15) is 10.4 Å². The molecule has 1 amide bonds. The van der Waals surface area contributed by atoms with Crippen LogP contribution in [-0.2, 0) is 4.79 Å². The molecule has 0 saturated carbocycles. The fraction of sp³-hybridized carbons (Fsp3) is 0.200. The van der Waals surface area contributed by atoms with Gasteiger partial charge in [-0.2, -0.15) is 14.7 Å². The van der Waals surface area contributed by atoms with Gasteiger partial charge in [0, 0.05) is 4.88 Å². The number of amides is 1. The number of para-hydroxylation sites is 1. The van der Waals surface area contributed by atoms with Crippen LogP contribution in [0.25, 0.3) is 0 Å². The van der Waals surface area contributed by atoms with Crippen LogP contribution in [0.3, 0.4) is 0 Å². The highest BCUT2D eigenvalue weighted by Gasteiger charge is 2.12. The topological polar surface area (TPSA) is 113 Å². The third-order valence-corrected chi connectivity index (χ3v) is 4.58. The summed E-state index contributed by atoms with van der Waals surface area (Å²) in [6.45, 7) is 1.89. The van der Waals surface area contributed by atoms with E-state index >= 15 is 0 Å². The van der Waals surface area contributed by atoms with E-state index in [1.54, 1.807) is 12.1 Å². The summed E-state index contributed by atoms with van der Waals surface area (Å²) >= 11 is 2.43. The number of aromatic nitrogens is 1. The van der Waals surface area contributed by atoms with Crippen LogP contribution < -0.4 is 15.9 Å². The Morgan fingerprint density at radius 3 is 2.96 bits per heavy atom. The number of hydrogen-bond acceptors (Lipinski definition) is 7. The molecule has 0 saturated heterocycles. The molecule has 2 rings (SSSR count). The number of nitrogens with one attached hydrogen (secondary N) is 1. The van der Waals surface area contributed by atoms with Crippen molar-refractivity contribution in [2.45, 2.75) is 11.9 Å². The highest BCUT2D eigenvalue weighted by Crippen LogP contribution is 2.26. The van der Waals surface area contributed by atoms with Gasteiger partial charge in [-0.15, -0.1) is 0 Å². The summed E-state index contributed by atoms with van der Waals surface area (Å²) in [6.07, 6.45) is 0. The summed E-state index contributed by atoms with van der Waals surface area (Å²) in [7, 11) is 0. The van der Waals surface area contributed by atoms with Gasteiger partial charge in [-0.1, -0.05) is 30.0 Å². The number of nitrogens with two attached hydrogens (primary N) is 1. The Morgan fingerprint density at radius 1 is 1.50 bits per heavy atom. The number of nitrogens with zero attached hydrogens (tertiary/aromatic N) is 3. The lowest BCUT2D eigenvalue weighted by molar-refractivity contribution is -0.118. The van der Waals surface area contributed by atoms with Crippen molar-refractivity contribution in [3.63, 3.8) is 0 Å². The first-order valence-electron chi connectivity index (χ1n) is 6.88. The van der Waals surface area contributed by atoms with E-state index in [9.17, 15) is 4.79 Å². The summed E-state index contributed by atoms with van der Waals surface area (Å²) in [5.41, 5.74) is 8.54. The van der Waals surface area contributed by atoms with Crippen molar-refractivity contribution in [2.24, 2.45) is 10.8 Å². The van der Waals surface area contributed by atoms with Gasteiger partial charge in [-0.05, 0) is 30.6 Å². The molecule has 0 aliphatic carbocycles. The molecule has 1 aromatic heterocycles. The molecule has 3 N–H and O–H groups in total. The maximum absolute atomic E-state index is 11.8. The van der Waals surface area contributed by atoms with Gasteiger partial charge in [-0.3, -0.25) is 4.79 Å². The lowest BCUT2D eigenvalue weighted by Gasteiger charge is -2.05. The number of thioether (sulfide) groups is 1. The monoisotopic (exact) mass is 361 g/mol. The van der Waals surface area contributed by atoms with E-state index in [2.05, 4.69) is 21.0 Å². The van der Waals surface area contributed by atoms with Gasteiger partial charge >= 0.3 is 0 Å². The number of carbonyl (C=O) groups is 1. The van der Waals surface area contributed by atoms with Gasteiger partial charge in [0.25, 0.3) is 5.91 Å². The smallest absolute Gasteiger partial charge is 0.250 e. The molecule has 0 fully saturated rings. The molecule has 2 aromatic rings. The molecule has 24 heavy (non-hydrogen) atoms. The number of hydrogen-bond donors (Lipinski definition) is 2. The molecule has 0 aliphatic heterocycles. The van der Waals surface area contributed by atoms with Gasteiger partial charge in [0.1, 0.15) is 23.5 Å². The predicted octanol–water partition coefficient (Wildman–Crippen LogP) is 1.88. The first-order valence-corrected chi connectivity index (χ1v) is 8.64. The zero-order chi connectivity index (χ0) is 17.4. The van der Waals surface area contributed by atoms with Gasteiger partial charge in [-0.25, -0.2) is 5.43 Å². The number of rotatable bonds is 7. The molecule has 0 unspecified atom stereocenters. The average Bonchev–Trinajstić information content (AvgIpc) is 2.97. The van der Waals surface area contributed by atoms with Gasteiger partial charge in [0.2, 0.25) is 0 Å². The van der Waals surface area contributed by atoms with Crippen LogP contribution in [-0.4, -0.2) is 28.5 Å². The molecule has 0 aliphatic rings. The molecular formula is C15H15N5O2S2. The Labute approximate surface area is 147 Å². The predicted molar refractivity (Wildman–Crippen MR) is 94.0 cm³/mol. The summed E-state index contributed by atoms with van der Waals surface area (Å²) in [5, 5.41) is 13.4. The molecule has 1 aromatic carbocycles. The fourth-order valence-electron chi connectivity index (χ4n) is 1.58. The van der Waals surface area contributed by atoms with E-state index in [1.165, 1.54) is 23.3 Å². The van der Waals surface area contributed by atoms with Crippen LogP contribution in [0.4, 0.5) is 0 Å². The van der Waals surface area contributed by atoms with Crippen molar-refractivity contribution < 1.29 is 9.53 Å². The SMILES string of the molecule is Cc1snc(SCC(=O)N/N=C(\N)COc2ccccc2)c1C#N. The minimum Gasteiger partial charge on any atom is -0.486 e. The number of ether oxygens (including phenoxy) is 1. The molecular weight excluding hydrogens is 346 g/mol. The van der Waals surface area contributed by atoms with Crippen LogP contribution in [0.5, 0.6) is 5.75 Å². The van der Waals surface area contributed by atoms with Crippen molar-refractivity contribution in [3.05, 3.63) is 40.8 Å². The largest absolute Gasteiger partial charge is 0.486 e. The summed E-state index contributed by atoms with van der Waals surface area (Å²) in [6, 6.07) is 11.2. The van der Waals surface area contributed by atoms with E-state index in [4.69, 9.17) is 15.7 Å². The third kappa shape index (κ3) is 5.26. The van der Waals surface area contributed by atoms with E-state index in [1.807, 2.05) is 25.1 Å². The Hall–Kier alpha value is -2.57. The second-order valence-electron chi connectivity index (χ2n) is 4.56. The first kappa shape index (κ1) is 17.8. The Kier molecular flexibility index (Phi) is 6.60. The zero-order valence-electron chi connectivity index (χ0n) is 12.9. The molecule has 0 atom stereocenters. The Balaban J connectivity index is 1.76. The molecule has 0 radical (unpaired) electrons. The Morgan fingerprint density at radius 2 is 2.25 bits per heavy atom. The Bertz CT molecular complexity index is 768. The van der Waals surface area contributed by atoms with Gasteiger partial charge < -0.3 is 10.5 Å². The van der Waals surface area contributed by atoms with Gasteiger partial charge in [0.15, 0.2) is 5.84 Å². The molecule has 0 bridgehead atoms. The van der Waals surface area contributed by atoms with Crippen molar-refractivity contribution in [3.8, 4) is 11.8 Å². The van der Waals surface area contributed by atoms with Gasteiger partial charge in [0.05, 0.1) is 11.3 Å². The molecule has 1 heterocycles. The molecule has 7 nitrogen and oxygen atoms in total. The maximum atomic E-state index is 11.8. The minimum absolute atomic E-state index is 0.0707. The van der Waals surface area contributed by atoms with E-state index in [0.29, 0.717) is 16.3 Å². The van der Waals surface area contributed by atoms with E-state index in [0.717, 1.165) is 4.88 Å². The fourth-order valence-corrected chi connectivity index (χ4v) is 3.19. The van der Waals surface area contributed by atoms with Crippen LogP contribution in [0.15, 0.2) is 40.5 Å². The number of aryl methyl sites for hydroxylation is 1. The summed E-state index contributed by atoms with van der Waals surface area (Å²) in [5.74, 6) is 0.575. The van der Waals surface area contributed by atoms with E-state index in [-0.39, 0.29) is 24.1 Å². The van der Waals surface area contributed by atoms with Crippen molar-refractivity contribution in [2.75, 3.05) is 12.4 Å². The van der Waals surface area contributed by atoms with Crippen molar-refractivity contribution in [1.82, 2.24) is 9.80 Å². The highest BCUT2D eigenvalue weighted by molar-refractivity contribution is 8.00. The lowest BCUT2D eigenvalue weighted by Crippen LogP contribution is -2.28. The van der Waals surface area contributed by atoms with Crippen LogP contribution in [0.2, 0.25) is 0 Å². The summed E-state index contributed by atoms with van der Waals surface area (Å²) in [4.78, 5) is 12.6. The number of amidine groups is 1. The zero-order valence-corrected chi connectivity index (χ0v) is 14.5. The number of hydrazone groups is 1. The molecule has 9 heteroatoms. The standard InChI is InChI=1S/C15H15N5O2S2/c1-10-12(7-16)15(20-24-10)23-9-14(21)19-18-13(17)8-22-11-5-3-2-4-6-11/h2-6H,8-9H2,1H3,(H2,17,18)(H,19,21). The van der Waals surface area contributed by atoms with Crippen molar-refractivity contribution in [1.29, 1.82) is 5.26 Å². The summed E-state index contributed by atoms with van der Waals surface area (Å²) < 4.78 is 9.54. The molecule has 0 spiro atoms. The quantitative estimate of drug-likeness (QED) is 0.337. The van der Waals surface area contributed by atoms with Crippen LogP contribution in [0, 0.1) is 18.3 Å². The highest BCUT2D eigenvalue weighted by atomic mass is 32.2. The molecule has 124 valence electrons. The average molecular weight is 361 g/mol. The maximum Gasteiger partial charge on any atom is 0.250 e. The second kappa shape index (κ2) is 8.90. The number of benzene rings is 1. The number of carbonyl (C=O) groups excluding carboxylic acids is 1.